The summed E-state index contributed by atoms with van der Waals surface area (Å²) in [5, 5.41) is 16.2. The average Bonchev–Trinajstić information content (AvgIpc) is 2.97. The Kier molecular flexibility index (Phi) is 5.19. The molecule has 130 valence electrons. The Balaban J connectivity index is 1.75. The highest BCUT2D eigenvalue weighted by Gasteiger charge is 2.34. The van der Waals surface area contributed by atoms with Crippen LogP contribution in [0.5, 0.6) is 5.75 Å². The molecule has 3 rings (SSSR count). The molecular weight excluding hydrogens is 302 g/mol. The molecule has 2 heterocycles. The number of rotatable bonds is 4. The highest BCUT2D eigenvalue weighted by atomic mass is 16.3. The first-order chi connectivity index (χ1) is 11.6. The maximum atomic E-state index is 12.9. The van der Waals surface area contributed by atoms with Crippen molar-refractivity contribution in [2.45, 2.75) is 58.0 Å². The number of phenols is 1. The fraction of sp³-hybridized carbons (Fsp3) is 0.579. The van der Waals surface area contributed by atoms with Gasteiger partial charge in [-0.2, -0.15) is 5.10 Å². The Bertz CT molecular complexity index is 629. The predicted octanol–water partition coefficient (Wildman–Crippen LogP) is 3.31. The zero-order valence-electron chi connectivity index (χ0n) is 14.6. The van der Waals surface area contributed by atoms with Gasteiger partial charge in [0.05, 0.1) is 12.6 Å². The standard InChI is InChI=1S/C19H27N3O2/c1-3-15-8-6-7-11-21(15)13-19(24)22-17(12-14(2)20-22)16-9-4-5-10-18(16)23/h4-5,9-10,15,17,23H,3,6-8,11-13H2,1-2H3. The Labute approximate surface area is 144 Å². The summed E-state index contributed by atoms with van der Waals surface area (Å²) >= 11 is 0. The van der Waals surface area contributed by atoms with E-state index in [2.05, 4.69) is 16.9 Å². The van der Waals surface area contributed by atoms with E-state index in [9.17, 15) is 9.90 Å². The number of nitrogens with zero attached hydrogens (tertiary/aromatic N) is 3. The van der Waals surface area contributed by atoms with Crippen LogP contribution in [0.2, 0.25) is 0 Å². The number of phenolic OH excluding ortho intramolecular Hbond substituents is 1. The highest BCUT2D eigenvalue weighted by molar-refractivity contribution is 5.89. The summed E-state index contributed by atoms with van der Waals surface area (Å²) in [5.41, 5.74) is 1.71. The molecule has 1 saturated heterocycles. The normalized spacial score (nSPS) is 24.9. The number of benzene rings is 1. The quantitative estimate of drug-likeness (QED) is 0.922. The SMILES string of the molecule is CCC1CCCCN1CC(=O)N1N=C(C)CC1c1ccccc1O. The van der Waals surface area contributed by atoms with Crippen LogP contribution in [0.3, 0.4) is 0 Å². The number of para-hydroxylation sites is 1. The number of aromatic hydroxyl groups is 1. The number of hydrogen-bond acceptors (Lipinski definition) is 4. The zero-order chi connectivity index (χ0) is 17.1. The minimum Gasteiger partial charge on any atom is -0.508 e. The number of amides is 1. The fourth-order valence-corrected chi connectivity index (χ4v) is 3.88. The number of hydrazone groups is 1. The molecule has 1 amide bonds. The van der Waals surface area contributed by atoms with E-state index in [4.69, 9.17) is 0 Å². The van der Waals surface area contributed by atoms with Crippen molar-refractivity contribution < 1.29 is 9.90 Å². The molecule has 1 aromatic carbocycles. The molecule has 2 aliphatic heterocycles. The van der Waals surface area contributed by atoms with Gasteiger partial charge in [-0.25, -0.2) is 5.01 Å². The van der Waals surface area contributed by atoms with Gasteiger partial charge < -0.3 is 5.11 Å². The third-order valence-corrected chi connectivity index (χ3v) is 5.17. The average molecular weight is 329 g/mol. The summed E-state index contributed by atoms with van der Waals surface area (Å²) in [6, 6.07) is 7.55. The lowest BCUT2D eigenvalue weighted by molar-refractivity contribution is -0.135. The summed E-state index contributed by atoms with van der Waals surface area (Å²) in [4.78, 5) is 15.2. The molecule has 0 aliphatic carbocycles. The molecule has 2 atom stereocenters. The van der Waals surface area contributed by atoms with E-state index >= 15 is 0 Å². The number of carbonyl (C=O) groups excluding carboxylic acids is 1. The minimum atomic E-state index is -0.191. The largest absolute Gasteiger partial charge is 0.508 e. The highest BCUT2D eigenvalue weighted by Crippen LogP contribution is 2.35. The van der Waals surface area contributed by atoms with E-state index in [1.807, 2.05) is 19.1 Å². The van der Waals surface area contributed by atoms with Crippen LogP contribution in [0.15, 0.2) is 29.4 Å². The molecule has 0 saturated carbocycles. The maximum Gasteiger partial charge on any atom is 0.257 e. The van der Waals surface area contributed by atoms with Gasteiger partial charge in [-0.3, -0.25) is 9.69 Å². The molecule has 1 aromatic rings. The first-order valence-corrected chi connectivity index (χ1v) is 8.98. The first kappa shape index (κ1) is 17.0. The molecule has 0 radical (unpaired) electrons. The predicted molar refractivity (Wildman–Crippen MR) is 94.9 cm³/mol. The maximum absolute atomic E-state index is 12.9. The molecule has 0 spiro atoms. The lowest BCUT2D eigenvalue weighted by Crippen LogP contribution is -2.45. The molecule has 2 unspecified atom stereocenters. The van der Waals surface area contributed by atoms with Crippen molar-refractivity contribution in [1.29, 1.82) is 0 Å². The summed E-state index contributed by atoms with van der Waals surface area (Å²) in [7, 11) is 0. The Hall–Kier alpha value is -1.88. The van der Waals surface area contributed by atoms with Crippen LogP contribution in [0.25, 0.3) is 0 Å². The molecule has 0 aromatic heterocycles. The van der Waals surface area contributed by atoms with E-state index in [-0.39, 0.29) is 17.7 Å². The smallest absolute Gasteiger partial charge is 0.257 e. The molecule has 2 aliphatic rings. The molecule has 5 heteroatoms. The molecule has 1 N–H and O–H groups in total. The van der Waals surface area contributed by atoms with Crippen molar-refractivity contribution >= 4 is 11.6 Å². The number of likely N-dealkylation sites (tertiary alicyclic amines) is 1. The Morgan fingerprint density at radius 2 is 2.12 bits per heavy atom. The van der Waals surface area contributed by atoms with Crippen LogP contribution in [-0.2, 0) is 4.79 Å². The van der Waals surface area contributed by atoms with E-state index in [1.165, 1.54) is 12.8 Å². The van der Waals surface area contributed by atoms with Crippen molar-refractivity contribution in [1.82, 2.24) is 9.91 Å². The van der Waals surface area contributed by atoms with Crippen molar-refractivity contribution in [3.05, 3.63) is 29.8 Å². The Morgan fingerprint density at radius 3 is 2.88 bits per heavy atom. The van der Waals surface area contributed by atoms with Crippen LogP contribution >= 0.6 is 0 Å². The summed E-state index contributed by atoms with van der Waals surface area (Å²) in [5.74, 6) is 0.259. The summed E-state index contributed by atoms with van der Waals surface area (Å²) in [6.45, 7) is 5.54. The van der Waals surface area contributed by atoms with Crippen molar-refractivity contribution in [2.24, 2.45) is 5.10 Å². The van der Waals surface area contributed by atoms with Crippen LogP contribution in [0, 0.1) is 0 Å². The topological polar surface area (TPSA) is 56.1 Å². The van der Waals surface area contributed by atoms with E-state index in [0.717, 1.165) is 30.7 Å². The third-order valence-electron chi connectivity index (χ3n) is 5.17. The van der Waals surface area contributed by atoms with Gasteiger partial charge in [-0.1, -0.05) is 31.5 Å². The van der Waals surface area contributed by atoms with Gasteiger partial charge in [0.1, 0.15) is 5.75 Å². The summed E-state index contributed by atoms with van der Waals surface area (Å²) < 4.78 is 0. The minimum absolute atomic E-state index is 0.0282. The Morgan fingerprint density at radius 1 is 1.33 bits per heavy atom. The van der Waals surface area contributed by atoms with Gasteiger partial charge in [0, 0.05) is 23.7 Å². The molecule has 24 heavy (non-hydrogen) atoms. The lowest BCUT2D eigenvalue weighted by atomic mass is 9.99. The van der Waals surface area contributed by atoms with Crippen molar-refractivity contribution in [3.8, 4) is 5.75 Å². The van der Waals surface area contributed by atoms with E-state index < -0.39 is 0 Å². The van der Waals surface area contributed by atoms with Crippen LogP contribution in [0.4, 0.5) is 0 Å². The third kappa shape index (κ3) is 3.46. The molecular formula is C19H27N3O2. The second-order valence-corrected chi connectivity index (χ2v) is 6.88. The van der Waals surface area contributed by atoms with Gasteiger partial charge in [-0.05, 0) is 38.8 Å². The fourth-order valence-electron chi connectivity index (χ4n) is 3.88. The number of carbonyl (C=O) groups is 1. The monoisotopic (exact) mass is 329 g/mol. The molecule has 0 bridgehead atoms. The summed E-state index contributed by atoms with van der Waals surface area (Å²) in [6.07, 6.45) is 5.35. The number of hydrogen-bond donors (Lipinski definition) is 1. The van der Waals surface area contributed by atoms with Crippen molar-refractivity contribution in [2.75, 3.05) is 13.1 Å². The molecule has 5 nitrogen and oxygen atoms in total. The first-order valence-electron chi connectivity index (χ1n) is 8.98. The van der Waals surface area contributed by atoms with Gasteiger partial charge in [0.2, 0.25) is 0 Å². The van der Waals surface area contributed by atoms with E-state index in [1.54, 1.807) is 17.1 Å². The second-order valence-electron chi connectivity index (χ2n) is 6.88. The van der Waals surface area contributed by atoms with Gasteiger partial charge in [-0.15, -0.1) is 0 Å². The molecule has 1 fully saturated rings. The lowest BCUT2D eigenvalue weighted by Gasteiger charge is -2.35. The van der Waals surface area contributed by atoms with Gasteiger partial charge in [0.25, 0.3) is 5.91 Å². The van der Waals surface area contributed by atoms with Crippen LogP contribution < -0.4 is 0 Å². The second kappa shape index (κ2) is 7.34. The van der Waals surface area contributed by atoms with Crippen molar-refractivity contribution in [3.63, 3.8) is 0 Å². The van der Waals surface area contributed by atoms with E-state index in [0.29, 0.717) is 19.0 Å². The van der Waals surface area contributed by atoms with Gasteiger partial charge in [0.15, 0.2) is 0 Å². The van der Waals surface area contributed by atoms with Crippen LogP contribution in [0.1, 0.15) is 57.6 Å². The number of piperidine rings is 1. The van der Waals surface area contributed by atoms with Gasteiger partial charge >= 0.3 is 0 Å². The van der Waals surface area contributed by atoms with Crippen LogP contribution in [-0.4, -0.2) is 45.8 Å². The zero-order valence-corrected chi connectivity index (χ0v) is 14.6.